The van der Waals surface area contributed by atoms with Crippen LogP contribution in [0.5, 0.6) is 0 Å². The van der Waals surface area contributed by atoms with Gasteiger partial charge in [0.15, 0.2) is 6.29 Å². The molecule has 0 radical (unpaired) electrons. The summed E-state index contributed by atoms with van der Waals surface area (Å²) >= 11 is 0. The van der Waals surface area contributed by atoms with E-state index < -0.39 is 5.60 Å². The largest absolute Gasteiger partial charge is 0.385 e. The first-order valence-electron chi connectivity index (χ1n) is 6.39. The first-order chi connectivity index (χ1) is 8.31. The van der Waals surface area contributed by atoms with Gasteiger partial charge < -0.3 is 5.11 Å². The van der Waals surface area contributed by atoms with E-state index >= 15 is 0 Å². The number of fused-ring (bicyclic) bond motifs is 1. The molecule has 3 heteroatoms. The van der Waals surface area contributed by atoms with Crippen LogP contribution >= 0.6 is 0 Å². The SMILES string of the molecule is C[C@H]1C=C(C=O)C(C=O)=C[C@]2(O)CC(C)(C)C[C@H]12. The van der Waals surface area contributed by atoms with Gasteiger partial charge in [-0.2, -0.15) is 0 Å². The molecule has 2 rings (SSSR count). The predicted molar refractivity (Wildman–Crippen MR) is 68.9 cm³/mol. The number of rotatable bonds is 2. The highest BCUT2D eigenvalue weighted by atomic mass is 16.3. The first-order valence-corrected chi connectivity index (χ1v) is 6.39. The maximum Gasteiger partial charge on any atom is 0.150 e. The minimum absolute atomic E-state index is 0.0602. The van der Waals surface area contributed by atoms with E-state index in [1.54, 1.807) is 6.08 Å². The zero-order valence-electron chi connectivity index (χ0n) is 11.1. The summed E-state index contributed by atoms with van der Waals surface area (Å²) < 4.78 is 0. The van der Waals surface area contributed by atoms with E-state index in [1.807, 2.05) is 13.0 Å². The molecule has 1 saturated carbocycles. The van der Waals surface area contributed by atoms with E-state index in [1.165, 1.54) is 0 Å². The van der Waals surface area contributed by atoms with Gasteiger partial charge in [0.05, 0.1) is 5.60 Å². The van der Waals surface area contributed by atoms with Crippen LogP contribution in [0, 0.1) is 17.3 Å². The van der Waals surface area contributed by atoms with E-state index in [9.17, 15) is 14.7 Å². The van der Waals surface area contributed by atoms with Gasteiger partial charge in [0.25, 0.3) is 0 Å². The number of carbonyl (C=O) groups excluding carboxylic acids is 2. The van der Waals surface area contributed by atoms with Gasteiger partial charge in [0, 0.05) is 11.1 Å². The van der Waals surface area contributed by atoms with Crippen molar-refractivity contribution in [2.24, 2.45) is 17.3 Å². The second-order valence-corrected chi connectivity index (χ2v) is 6.46. The van der Waals surface area contributed by atoms with Gasteiger partial charge in [-0.3, -0.25) is 9.59 Å². The minimum Gasteiger partial charge on any atom is -0.385 e. The Labute approximate surface area is 108 Å². The number of hydrogen-bond acceptors (Lipinski definition) is 3. The minimum atomic E-state index is -0.972. The standard InChI is InChI=1S/C15H20O3/c1-10-4-11(7-16)12(8-17)5-15(18)9-14(2,3)6-13(10)15/h4-5,7-8,10,13,18H,6,9H2,1-3H3/t10-,13+,15-/m0/s1. The summed E-state index contributed by atoms with van der Waals surface area (Å²) in [5.74, 6) is 0.158. The molecule has 3 nitrogen and oxygen atoms in total. The summed E-state index contributed by atoms with van der Waals surface area (Å²) in [6.07, 6.45) is 6.31. The molecule has 2 aliphatic carbocycles. The van der Waals surface area contributed by atoms with Crippen LogP contribution in [0.4, 0.5) is 0 Å². The van der Waals surface area contributed by atoms with Gasteiger partial charge in [-0.05, 0) is 36.2 Å². The van der Waals surface area contributed by atoms with Crippen molar-refractivity contribution >= 4 is 12.6 Å². The van der Waals surface area contributed by atoms with Crippen LogP contribution in [0.3, 0.4) is 0 Å². The molecular formula is C15H20O3. The topological polar surface area (TPSA) is 54.4 Å². The number of carbonyl (C=O) groups is 2. The van der Waals surface area contributed by atoms with Gasteiger partial charge in [-0.1, -0.05) is 26.8 Å². The molecule has 2 aliphatic rings. The molecule has 0 aromatic rings. The first kappa shape index (κ1) is 13.2. The smallest absolute Gasteiger partial charge is 0.150 e. The summed E-state index contributed by atoms with van der Waals surface area (Å²) in [6.45, 7) is 6.26. The monoisotopic (exact) mass is 248 g/mol. The Hall–Kier alpha value is -1.22. The molecule has 3 atom stereocenters. The molecule has 0 amide bonds. The number of aldehydes is 2. The zero-order valence-corrected chi connectivity index (χ0v) is 11.1. The maximum absolute atomic E-state index is 11.1. The third-order valence-electron chi connectivity index (χ3n) is 4.25. The second kappa shape index (κ2) is 4.16. The Kier molecular flexibility index (Phi) is 3.06. The Balaban J connectivity index is 2.51. The van der Waals surface area contributed by atoms with Crippen molar-refractivity contribution in [3.63, 3.8) is 0 Å². The highest BCUT2D eigenvalue weighted by Crippen LogP contribution is 2.52. The average molecular weight is 248 g/mol. The van der Waals surface area contributed by atoms with Crippen molar-refractivity contribution in [1.82, 2.24) is 0 Å². The highest BCUT2D eigenvalue weighted by Gasteiger charge is 2.51. The number of aliphatic hydroxyl groups is 1. The van der Waals surface area contributed by atoms with E-state index in [4.69, 9.17) is 0 Å². The number of hydrogen-bond donors (Lipinski definition) is 1. The third kappa shape index (κ3) is 2.07. The predicted octanol–water partition coefficient (Wildman–Crippen LogP) is 2.05. The summed E-state index contributed by atoms with van der Waals surface area (Å²) in [7, 11) is 0. The van der Waals surface area contributed by atoms with Crippen molar-refractivity contribution in [3.8, 4) is 0 Å². The van der Waals surface area contributed by atoms with Crippen LogP contribution in [-0.2, 0) is 9.59 Å². The molecule has 1 N–H and O–H groups in total. The second-order valence-electron chi connectivity index (χ2n) is 6.46. The van der Waals surface area contributed by atoms with Crippen molar-refractivity contribution < 1.29 is 14.7 Å². The van der Waals surface area contributed by atoms with E-state index in [-0.39, 0.29) is 17.3 Å². The fourth-order valence-electron chi connectivity index (χ4n) is 3.60. The molecule has 0 saturated heterocycles. The Morgan fingerprint density at radius 1 is 1.28 bits per heavy atom. The zero-order chi connectivity index (χ0) is 13.6. The quantitative estimate of drug-likeness (QED) is 0.761. The molecule has 18 heavy (non-hydrogen) atoms. The van der Waals surface area contributed by atoms with Crippen LogP contribution in [-0.4, -0.2) is 23.3 Å². The lowest BCUT2D eigenvalue weighted by Crippen LogP contribution is -2.34. The van der Waals surface area contributed by atoms with E-state index in [0.717, 1.165) is 6.42 Å². The van der Waals surface area contributed by atoms with Crippen LogP contribution in [0.25, 0.3) is 0 Å². The molecule has 1 fully saturated rings. The number of allylic oxidation sites excluding steroid dienone is 3. The van der Waals surface area contributed by atoms with Gasteiger partial charge in [-0.15, -0.1) is 0 Å². The van der Waals surface area contributed by atoms with Gasteiger partial charge in [-0.25, -0.2) is 0 Å². The molecule has 0 bridgehead atoms. The van der Waals surface area contributed by atoms with E-state index in [2.05, 4.69) is 13.8 Å². The molecule has 0 heterocycles. The summed E-state index contributed by atoms with van der Waals surface area (Å²) in [5.41, 5.74) is -0.192. The van der Waals surface area contributed by atoms with Crippen LogP contribution < -0.4 is 0 Å². The van der Waals surface area contributed by atoms with Crippen LogP contribution in [0.2, 0.25) is 0 Å². The lowest BCUT2D eigenvalue weighted by atomic mass is 9.82. The van der Waals surface area contributed by atoms with E-state index in [0.29, 0.717) is 30.1 Å². The average Bonchev–Trinajstić information content (AvgIpc) is 2.48. The molecule has 0 aliphatic heterocycles. The molecule has 0 unspecified atom stereocenters. The Morgan fingerprint density at radius 3 is 2.44 bits per heavy atom. The molecule has 0 spiro atoms. The Morgan fingerprint density at radius 2 is 1.89 bits per heavy atom. The molecule has 0 aromatic carbocycles. The lowest BCUT2D eigenvalue weighted by molar-refractivity contribution is -0.107. The molecule has 0 aromatic heterocycles. The maximum atomic E-state index is 11.1. The van der Waals surface area contributed by atoms with Crippen molar-refractivity contribution in [1.29, 1.82) is 0 Å². The summed E-state index contributed by atoms with van der Waals surface area (Å²) in [4.78, 5) is 22.1. The third-order valence-corrected chi connectivity index (χ3v) is 4.25. The fraction of sp³-hybridized carbons (Fsp3) is 0.600. The lowest BCUT2D eigenvalue weighted by Gasteiger charge is -2.29. The van der Waals surface area contributed by atoms with Crippen LogP contribution in [0.1, 0.15) is 33.6 Å². The highest BCUT2D eigenvalue weighted by molar-refractivity contribution is 5.95. The van der Waals surface area contributed by atoms with Crippen molar-refractivity contribution in [2.45, 2.75) is 39.2 Å². The summed E-state index contributed by atoms with van der Waals surface area (Å²) in [5, 5.41) is 10.8. The molecular weight excluding hydrogens is 228 g/mol. The normalized spacial score (nSPS) is 38.2. The van der Waals surface area contributed by atoms with Crippen LogP contribution in [0.15, 0.2) is 23.3 Å². The molecule has 98 valence electrons. The fourth-order valence-corrected chi connectivity index (χ4v) is 3.60. The van der Waals surface area contributed by atoms with Crippen molar-refractivity contribution in [2.75, 3.05) is 0 Å². The van der Waals surface area contributed by atoms with Gasteiger partial charge >= 0.3 is 0 Å². The summed E-state index contributed by atoms with van der Waals surface area (Å²) in [6, 6.07) is 0. The van der Waals surface area contributed by atoms with Gasteiger partial charge in [0.1, 0.15) is 6.29 Å². The van der Waals surface area contributed by atoms with Gasteiger partial charge in [0.2, 0.25) is 0 Å². The Bertz CT molecular complexity index is 445. The van der Waals surface area contributed by atoms with Crippen molar-refractivity contribution in [3.05, 3.63) is 23.3 Å².